The molecular weight excluding hydrogens is 733 g/mol. The van der Waals surface area contributed by atoms with E-state index in [1.165, 1.54) is 22.3 Å². The molecule has 5 aromatic heterocycles. The Hall–Kier alpha value is -6.13. The van der Waals surface area contributed by atoms with Crippen molar-refractivity contribution in [3.63, 3.8) is 0 Å². The van der Waals surface area contributed by atoms with Crippen LogP contribution in [0.25, 0.3) is 87.8 Å². The number of fused-ring (bicyclic) bond motifs is 16. The number of para-hydroxylation sites is 4. The van der Waals surface area contributed by atoms with Crippen LogP contribution in [0.5, 0.6) is 11.5 Å². The van der Waals surface area contributed by atoms with Gasteiger partial charge in [0.25, 0.3) is 0 Å². The fourth-order valence-electron chi connectivity index (χ4n) is 8.02. The SMILES string of the molecule is Cc1cccc(C)c1-c1ccc2c3ccc(Oc4[c-]c5c(cc4)c4cnccc4n4c6ccccc6nc54)[c-]c3c3nc4ccccc4n3c2c1.[Pd+2]. The number of imidazole rings is 2. The predicted octanol–water partition coefficient (Wildman–Crippen LogP) is 11.0. The molecule has 0 amide bonds. The van der Waals surface area contributed by atoms with Crippen LogP contribution < -0.4 is 4.74 Å². The van der Waals surface area contributed by atoms with Crippen molar-refractivity contribution in [2.75, 3.05) is 0 Å². The van der Waals surface area contributed by atoms with E-state index in [0.29, 0.717) is 11.5 Å². The average molecular weight is 760 g/mol. The smallest absolute Gasteiger partial charge is 0.497 e. The normalized spacial score (nSPS) is 11.9. The van der Waals surface area contributed by atoms with Crippen molar-refractivity contribution < 1.29 is 25.2 Å². The summed E-state index contributed by atoms with van der Waals surface area (Å²) in [5, 5.41) is 6.02. The first kappa shape index (κ1) is 30.7. The molecule has 5 heterocycles. The van der Waals surface area contributed by atoms with E-state index in [1.807, 2.05) is 54.9 Å². The van der Waals surface area contributed by atoms with Crippen molar-refractivity contribution in [1.82, 2.24) is 23.8 Å². The Morgan fingerprint density at radius 1 is 0.538 bits per heavy atom. The summed E-state index contributed by atoms with van der Waals surface area (Å²) < 4.78 is 11.0. The molecule has 6 aromatic carbocycles. The number of benzene rings is 6. The molecule has 11 aromatic rings. The maximum absolute atomic E-state index is 6.57. The molecule has 0 aliphatic heterocycles. The number of aryl methyl sites for hydroxylation is 2. The van der Waals surface area contributed by atoms with E-state index < -0.39 is 0 Å². The first-order chi connectivity index (χ1) is 25.1. The van der Waals surface area contributed by atoms with Gasteiger partial charge in [-0.25, -0.2) is 0 Å². The maximum Gasteiger partial charge on any atom is 2.00 e. The topological polar surface area (TPSA) is 56.7 Å². The third kappa shape index (κ3) is 4.37. The van der Waals surface area contributed by atoms with Crippen LogP contribution in [-0.4, -0.2) is 23.8 Å². The summed E-state index contributed by atoms with van der Waals surface area (Å²) in [6.07, 6.45) is 3.73. The largest absolute Gasteiger partial charge is 2.00 e. The third-order valence-corrected chi connectivity index (χ3v) is 10.3. The van der Waals surface area contributed by atoms with Gasteiger partial charge in [-0.15, -0.1) is 12.1 Å². The van der Waals surface area contributed by atoms with E-state index in [-0.39, 0.29) is 20.4 Å². The van der Waals surface area contributed by atoms with Gasteiger partial charge in [0.1, 0.15) is 0 Å². The van der Waals surface area contributed by atoms with Crippen LogP contribution in [0, 0.1) is 26.0 Å². The van der Waals surface area contributed by atoms with Gasteiger partial charge in [-0.1, -0.05) is 100 Å². The van der Waals surface area contributed by atoms with Crippen LogP contribution in [0.3, 0.4) is 0 Å². The van der Waals surface area contributed by atoms with E-state index in [2.05, 4.69) is 113 Å². The van der Waals surface area contributed by atoms with E-state index in [0.717, 1.165) is 76.7 Å². The van der Waals surface area contributed by atoms with Crippen molar-refractivity contribution in [2.45, 2.75) is 13.8 Å². The number of pyridine rings is 3. The zero-order valence-electron chi connectivity index (χ0n) is 28.1. The van der Waals surface area contributed by atoms with Gasteiger partial charge in [0, 0.05) is 34.9 Å². The van der Waals surface area contributed by atoms with Crippen molar-refractivity contribution in [3.8, 4) is 22.6 Å². The van der Waals surface area contributed by atoms with E-state index in [4.69, 9.17) is 14.7 Å². The molecule has 0 spiro atoms. The van der Waals surface area contributed by atoms with Crippen molar-refractivity contribution in [3.05, 3.63) is 151 Å². The molecule has 52 heavy (non-hydrogen) atoms. The molecule has 0 N–H and O–H groups in total. The number of hydrogen-bond acceptors (Lipinski definition) is 4. The number of rotatable bonds is 3. The molecule has 6 nitrogen and oxygen atoms in total. The molecule has 0 atom stereocenters. The summed E-state index contributed by atoms with van der Waals surface area (Å²) in [4.78, 5) is 14.6. The Bertz CT molecular complexity index is 3250. The van der Waals surface area contributed by atoms with Crippen LogP contribution in [0.2, 0.25) is 0 Å². The molecule has 0 radical (unpaired) electrons. The summed E-state index contributed by atoms with van der Waals surface area (Å²) in [5.74, 6) is 1.17. The van der Waals surface area contributed by atoms with Gasteiger partial charge in [-0.05, 0) is 83.3 Å². The Labute approximate surface area is 311 Å². The van der Waals surface area contributed by atoms with Crippen LogP contribution >= 0.6 is 0 Å². The molecule has 0 saturated heterocycles. The number of hydrogen-bond donors (Lipinski definition) is 0. The Kier molecular flexibility index (Phi) is 6.75. The summed E-state index contributed by atoms with van der Waals surface area (Å²) in [5.41, 5.74) is 12.8. The summed E-state index contributed by atoms with van der Waals surface area (Å²) in [6.45, 7) is 4.36. The third-order valence-electron chi connectivity index (χ3n) is 10.3. The summed E-state index contributed by atoms with van der Waals surface area (Å²) in [6, 6.07) is 47.1. The monoisotopic (exact) mass is 759 g/mol. The van der Waals surface area contributed by atoms with Gasteiger partial charge in [0.15, 0.2) is 0 Å². The van der Waals surface area contributed by atoms with Crippen LogP contribution in [0.1, 0.15) is 11.1 Å². The molecule has 0 unspecified atom stereocenters. The second kappa shape index (κ2) is 11.4. The molecule has 11 rings (SSSR count). The fourth-order valence-corrected chi connectivity index (χ4v) is 8.02. The quantitative estimate of drug-likeness (QED) is 0.102. The number of aromatic nitrogens is 5. The number of nitrogens with zero attached hydrogens (tertiary/aromatic N) is 5. The molecule has 0 bridgehead atoms. The van der Waals surface area contributed by atoms with E-state index >= 15 is 0 Å². The minimum atomic E-state index is 0. The van der Waals surface area contributed by atoms with E-state index in [1.54, 1.807) is 0 Å². The summed E-state index contributed by atoms with van der Waals surface area (Å²) in [7, 11) is 0. The van der Waals surface area contributed by atoms with Gasteiger partial charge in [-0.3, -0.25) is 15.0 Å². The minimum absolute atomic E-state index is 0. The van der Waals surface area contributed by atoms with Crippen molar-refractivity contribution >= 4 is 76.7 Å². The second-order valence-electron chi connectivity index (χ2n) is 13.2. The Morgan fingerprint density at radius 3 is 1.77 bits per heavy atom. The van der Waals surface area contributed by atoms with Crippen LogP contribution in [0.4, 0.5) is 0 Å². The number of ether oxygens (including phenoxy) is 1. The zero-order valence-corrected chi connectivity index (χ0v) is 29.6. The summed E-state index contributed by atoms with van der Waals surface area (Å²) >= 11 is 0. The van der Waals surface area contributed by atoms with Gasteiger partial charge >= 0.3 is 20.4 Å². The zero-order chi connectivity index (χ0) is 33.8. The standard InChI is InChI=1S/C45H27N5O.Pd/c1-26-8-7-9-27(2)43(26)28-14-17-33-31-18-15-29(23-34(31)45-48-38-11-4-6-13-41(38)50(45)42(33)22-28)51-30-16-19-32-35(24-30)44-47-37-10-3-5-12-40(37)49(44)39-20-21-46-25-36(32)39;/h3-22,25H,1-2H3;/q-2;+2. The molecule has 0 fully saturated rings. The Morgan fingerprint density at radius 2 is 1.12 bits per heavy atom. The minimum Gasteiger partial charge on any atom is -0.497 e. The van der Waals surface area contributed by atoms with Crippen LogP contribution in [-0.2, 0) is 20.4 Å². The van der Waals surface area contributed by atoms with E-state index in [9.17, 15) is 0 Å². The average Bonchev–Trinajstić information content (AvgIpc) is 3.75. The van der Waals surface area contributed by atoms with Gasteiger partial charge in [0.2, 0.25) is 0 Å². The first-order valence-electron chi connectivity index (χ1n) is 17.0. The second-order valence-corrected chi connectivity index (χ2v) is 13.2. The maximum atomic E-state index is 6.57. The van der Waals surface area contributed by atoms with Crippen LogP contribution in [0.15, 0.2) is 128 Å². The van der Waals surface area contributed by atoms with Gasteiger partial charge in [0.05, 0.1) is 33.4 Å². The van der Waals surface area contributed by atoms with Gasteiger partial charge < -0.3 is 13.5 Å². The van der Waals surface area contributed by atoms with Crippen molar-refractivity contribution in [1.29, 1.82) is 0 Å². The molecule has 0 aliphatic rings. The molecule has 0 aliphatic carbocycles. The molecular formula is C45H27N5OPd. The Balaban J connectivity index is 0.00000338. The first-order valence-corrected chi connectivity index (χ1v) is 17.0. The molecule has 248 valence electrons. The van der Waals surface area contributed by atoms with Gasteiger partial charge in [-0.2, -0.15) is 0 Å². The van der Waals surface area contributed by atoms with Crippen molar-refractivity contribution in [2.24, 2.45) is 0 Å². The fraction of sp³-hybridized carbons (Fsp3) is 0.0444. The molecule has 7 heteroatoms. The predicted molar refractivity (Wildman–Crippen MR) is 206 cm³/mol. The molecule has 0 saturated carbocycles.